The second-order valence-electron chi connectivity index (χ2n) is 18.5. The molecule has 18 nitrogen and oxygen atoms in total. The summed E-state index contributed by atoms with van der Waals surface area (Å²) < 4.78 is 98.4. The average Bonchev–Trinajstić information content (AvgIpc) is 3.25. The number of unbranched alkanes of at least 4 members (excludes halogenated alkanes) is 24. The van der Waals surface area contributed by atoms with E-state index in [1.807, 2.05) is 0 Å². The quantitative estimate of drug-likeness (QED) is 0.0250. The first-order valence-electron chi connectivity index (χ1n) is 24.8. The summed E-state index contributed by atoms with van der Waals surface area (Å²) in [6, 6.07) is 0. The van der Waals surface area contributed by atoms with Crippen LogP contribution in [0.25, 0.3) is 0 Å². The predicted octanol–water partition coefficient (Wildman–Crippen LogP) is 6.22. The van der Waals surface area contributed by atoms with Crippen molar-refractivity contribution in [2.24, 2.45) is 5.41 Å². The summed E-state index contributed by atoms with van der Waals surface area (Å²) in [5.41, 5.74) is -0.934. The summed E-state index contributed by atoms with van der Waals surface area (Å²) in [6.07, 6.45) is 12.5. The highest BCUT2D eigenvalue weighted by molar-refractivity contribution is 7.81. The van der Waals surface area contributed by atoms with Crippen LogP contribution in [0.15, 0.2) is 0 Å². The molecule has 388 valence electrons. The van der Waals surface area contributed by atoms with E-state index >= 15 is 0 Å². The standard InChI is InChI=1S/C45H88O18S2/c1-3-5-7-9-11-13-15-17-18-20-22-24-26-28-30-45(29-27-25-23-21-19-16-14-12-10-8-6-4-2,33-58-43-39(50)41(62-64(52,53)54)37(48)35(31-46)60-43)34-59-44-40(51)42(63-65(55,56)57)38(49)36(32-47)61-44/h35-44,46-51H,3-34H2,1-2H3,(H,52,53,54)(H,55,56,57)/t35-,36-,37+,38+,39-,40-,41+,42+,43-,44-/m1/s1. The fraction of sp³-hybridized carbons (Fsp3) is 1.00. The van der Waals surface area contributed by atoms with E-state index in [1.54, 1.807) is 0 Å². The van der Waals surface area contributed by atoms with Gasteiger partial charge in [-0.2, -0.15) is 16.8 Å². The van der Waals surface area contributed by atoms with Crippen LogP contribution in [0.3, 0.4) is 0 Å². The molecule has 0 aliphatic carbocycles. The van der Waals surface area contributed by atoms with Gasteiger partial charge >= 0.3 is 20.8 Å². The van der Waals surface area contributed by atoms with E-state index in [1.165, 1.54) is 103 Å². The van der Waals surface area contributed by atoms with Gasteiger partial charge in [-0.25, -0.2) is 8.37 Å². The summed E-state index contributed by atoms with van der Waals surface area (Å²) in [4.78, 5) is 0. The summed E-state index contributed by atoms with van der Waals surface area (Å²) in [5.74, 6) is 0. The molecule has 2 heterocycles. The van der Waals surface area contributed by atoms with Gasteiger partial charge in [0.15, 0.2) is 12.6 Å². The minimum atomic E-state index is -5.17. The van der Waals surface area contributed by atoms with E-state index in [0.29, 0.717) is 25.7 Å². The second kappa shape index (κ2) is 33.8. The van der Waals surface area contributed by atoms with E-state index in [4.69, 9.17) is 18.9 Å². The van der Waals surface area contributed by atoms with Gasteiger partial charge in [0, 0.05) is 5.41 Å². The predicted molar refractivity (Wildman–Crippen MR) is 243 cm³/mol. The molecule has 0 amide bonds. The molecule has 0 radical (unpaired) electrons. The lowest BCUT2D eigenvalue weighted by molar-refractivity contribution is -0.315. The SMILES string of the molecule is CCCCCCCCCCCCCCCCC(CCCCCCCCCCCCCC)(CO[C@@H]1O[C@H](CO)[C@H](O)[C@H](OS(=O)(=O)O)[C@H]1O)CO[C@@H]1O[C@H](CO)[C@H](O)[C@H](OS(=O)(=O)O)[C@H]1O. The van der Waals surface area contributed by atoms with Crippen LogP contribution in [-0.4, -0.2) is 144 Å². The number of hydrogen-bond acceptors (Lipinski definition) is 16. The average molecular weight is 981 g/mol. The van der Waals surface area contributed by atoms with Crippen molar-refractivity contribution in [1.29, 1.82) is 0 Å². The number of aliphatic hydroxyl groups is 6. The van der Waals surface area contributed by atoms with Crippen molar-refractivity contribution in [3.63, 3.8) is 0 Å². The molecule has 0 spiro atoms. The maximum absolute atomic E-state index is 11.7. The van der Waals surface area contributed by atoms with E-state index in [2.05, 4.69) is 22.2 Å². The van der Waals surface area contributed by atoms with Crippen molar-refractivity contribution in [1.82, 2.24) is 0 Å². The van der Waals surface area contributed by atoms with Crippen molar-refractivity contribution >= 4 is 20.8 Å². The summed E-state index contributed by atoms with van der Waals surface area (Å²) in [7, 11) is -10.3. The second-order valence-corrected chi connectivity index (χ2v) is 20.6. The van der Waals surface area contributed by atoms with Crippen molar-refractivity contribution in [3.8, 4) is 0 Å². The van der Waals surface area contributed by atoms with Crippen molar-refractivity contribution in [3.05, 3.63) is 0 Å². The fourth-order valence-corrected chi connectivity index (χ4v) is 9.92. The maximum atomic E-state index is 11.7. The Morgan fingerprint density at radius 3 is 0.938 bits per heavy atom. The monoisotopic (exact) mass is 981 g/mol. The number of ether oxygens (including phenoxy) is 4. The van der Waals surface area contributed by atoms with E-state index in [0.717, 1.165) is 51.4 Å². The first kappa shape index (κ1) is 60.5. The largest absolute Gasteiger partial charge is 0.397 e. The van der Waals surface area contributed by atoms with Crippen LogP contribution in [0.5, 0.6) is 0 Å². The Balaban J connectivity index is 2.26. The van der Waals surface area contributed by atoms with Crippen LogP contribution >= 0.6 is 0 Å². The van der Waals surface area contributed by atoms with Crippen molar-refractivity contribution in [2.75, 3.05) is 26.4 Å². The van der Waals surface area contributed by atoms with Crippen LogP contribution in [0.1, 0.15) is 194 Å². The van der Waals surface area contributed by atoms with Crippen LogP contribution in [0.2, 0.25) is 0 Å². The summed E-state index contributed by atoms with van der Waals surface area (Å²) in [6.45, 7) is 2.38. The normalized spacial score (nSPS) is 26.8. The van der Waals surface area contributed by atoms with Crippen LogP contribution in [0.4, 0.5) is 0 Å². The molecule has 20 heteroatoms. The molecule has 2 saturated heterocycles. The molecule has 2 aliphatic heterocycles. The van der Waals surface area contributed by atoms with Gasteiger partial charge in [0.05, 0.1) is 26.4 Å². The van der Waals surface area contributed by atoms with Crippen LogP contribution in [-0.2, 0) is 48.1 Å². The molecule has 10 atom stereocenters. The molecule has 0 aromatic heterocycles. The Labute approximate surface area is 390 Å². The van der Waals surface area contributed by atoms with Gasteiger partial charge in [-0.05, 0) is 12.8 Å². The topological polar surface area (TPSA) is 285 Å². The molecule has 0 aromatic carbocycles. The molecule has 2 fully saturated rings. The third-order valence-electron chi connectivity index (χ3n) is 12.8. The Morgan fingerprint density at radius 1 is 0.431 bits per heavy atom. The van der Waals surface area contributed by atoms with Crippen molar-refractivity contribution in [2.45, 2.75) is 255 Å². The number of aliphatic hydroxyl groups excluding tert-OH is 6. The van der Waals surface area contributed by atoms with E-state index < -0.39 is 101 Å². The molecule has 2 rings (SSSR count). The van der Waals surface area contributed by atoms with E-state index in [-0.39, 0.29) is 13.2 Å². The molecule has 0 bridgehead atoms. The lowest BCUT2D eigenvalue weighted by Gasteiger charge is -2.44. The molecule has 0 aromatic rings. The highest BCUT2D eigenvalue weighted by Gasteiger charge is 2.50. The van der Waals surface area contributed by atoms with Gasteiger partial charge in [-0.15, -0.1) is 0 Å². The Hall–Kier alpha value is -0.660. The highest BCUT2D eigenvalue weighted by Crippen LogP contribution is 2.37. The number of hydrogen-bond donors (Lipinski definition) is 8. The molecule has 2 aliphatic rings. The zero-order chi connectivity index (χ0) is 48.1. The minimum Gasteiger partial charge on any atom is -0.394 e. The van der Waals surface area contributed by atoms with Gasteiger partial charge in [-0.1, -0.05) is 181 Å². The molecular weight excluding hydrogens is 893 g/mol. The molecule has 0 saturated carbocycles. The van der Waals surface area contributed by atoms with Gasteiger partial charge < -0.3 is 49.6 Å². The smallest absolute Gasteiger partial charge is 0.394 e. The van der Waals surface area contributed by atoms with Crippen LogP contribution in [0, 0.1) is 5.41 Å². The zero-order valence-electron chi connectivity index (χ0n) is 39.4. The highest BCUT2D eigenvalue weighted by atomic mass is 32.3. The van der Waals surface area contributed by atoms with E-state index in [9.17, 15) is 56.6 Å². The Morgan fingerprint density at radius 2 is 0.692 bits per heavy atom. The fourth-order valence-electron chi connectivity index (χ4n) is 8.90. The Bertz CT molecular complexity index is 1330. The van der Waals surface area contributed by atoms with Crippen LogP contribution < -0.4 is 0 Å². The minimum absolute atomic E-state index is 0.210. The van der Waals surface area contributed by atoms with Gasteiger partial charge in [0.2, 0.25) is 0 Å². The first-order valence-corrected chi connectivity index (χ1v) is 27.5. The third-order valence-corrected chi connectivity index (χ3v) is 13.8. The van der Waals surface area contributed by atoms with Gasteiger partial charge in [0.1, 0.15) is 48.8 Å². The zero-order valence-corrected chi connectivity index (χ0v) is 41.0. The van der Waals surface area contributed by atoms with Gasteiger partial charge in [0.25, 0.3) is 0 Å². The molecule has 65 heavy (non-hydrogen) atoms. The lowest BCUT2D eigenvalue weighted by atomic mass is 9.79. The Kier molecular flexibility index (Phi) is 31.4. The van der Waals surface area contributed by atoms with Gasteiger partial charge in [-0.3, -0.25) is 9.11 Å². The maximum Gasteiger partial charge on any atom is 0.397 e. The molecule has 0 unspecified atom stereocenters. The summed E-state index contributed by atoms with van der Waals surface area (Å²) in [5, 5.41) is 63.4. The third kappa shape index (κ3) is 25.2. The molecular formula is C45H88O18S2. The number of rotatable bonds is 40. The molecule has 8 N–H and O–H groups in total. The lowest BCUT2D eigenvalue weighted by Crippen LogP contribution is -2.61. The first-order chi connectivity index (χ1) is 31.0. The van der Waals surface area contributed by atoms with Crippen molar-refractivity contribution < 1.29 is 83.9 Å². The summed E-state index contributed by atoms with van der Waals surface area (Å²) >= 11 is 0.